The van der Waals surface area contributed by atoms with Crippen molar-refractivity contribution in [1.29, 1.82) is 0 Å². The molecular formula is C33H38Cl2F2N4O7S. The number of hydrogen-bond donors (Lipinski definition) is 0. The number of likely N-dealkylation sites (N-methyl/N-ethyl adjacent to an activating group) is 1. The number of rotatable bonds is 15. The summed E-state index contributed by atoms with van der Waals surface area (Å²) in [6.07, 6.45) is 3.69. The zero-order valence-corrected chi connectivity index (χ0v) is 29.6. The van der Waals surface area contributed by atoms with E-state index in [1.807, 2.05) is 7.05 Å². The summed E-state index contributed by atoms with van der Waals surface area (Å²) in [6.45, 7) is 0.907. The molecule has 2 aromatic carbocycles. The minimum absolute atomic E-state index is 0.0102. The predicted molar refractivity (Wildman–Crippen MR) is 181 cm³/mol. The van der Waals surface area contributed by atoms with Gasteiger partial charge in [0.2, 0.25) is 10.0 Å². The summed E-state index contributed by atoms with van der Waals surface area (Å²) < 4.78 is 76.9. The Morgan fingerprint density at radius 3 is 2.31 bits per heavy atom. The van der Waals surface area contributed by atoms with Crippen molar-refractivity contribution in [2.75, 3.05) is 57.1 Å². The van der Waals surface area contributed by atoms with Crippen LogP contribution in [0.4, 0.5) is 14.5 Å². The van der Waals surface area contributed by atoms with Gasteiger partial charge in [0.05, 0.1) is 35.1 Å². The third-order valence-electron chi connectivity index (χ3n) is 8.30. The Hall–Kier alpha value is -3.43. The zero-order valence-electron chi connectivity index (χ0n) is 27.3. The van der Waals surface area contributed by atoms with Gasteiger partial charge in [-0.25, -0.2) is 18.2 Å². The maximum absolute atomic E-state index is 13.9. The van der Waals surface area contributed by atoms with E-state index in [-0.39, 0.29) is 50.7 Å². The molecule has 0 bridgehead atoms. The van der Waals surface area contributed by atoms with Gasteiger partial charge in [0.25, 0.3) is 0 Å². The van der Waals surface area contributed by atoms with Crippen LogP contribution in [0, 0.1) is 5.92 Å². The number of hydrogen-bond acceptors (Lipinski definition) is 10. The first kappa shape index (κ1) is 36.8. The highest BCUT2D eigenvalue weighted by Gasteiger charge is 2.33. The monoisotopic (exact) mass is 742 g/mol. The summed E-state index contributed by atoms with van der Waals surface area (Å²) in [6, 6.07) is 8.70. The van der Waals surface area contributed by atoms with Crippen LogP contribution < -0.4 is 18.6 Å². The predicted octanol–water partition coefficient (Wildman–Crippen LogP) is 6.25. The molecule has 0 spiro atoms. The van der Waals surface area contributed by atoms with Crippen LogP contribution >= 0.6 is 23.2 Å². The molecule has 266 valence electrons. The van der Waals surface area contributed by atoms with Gasteiger partial charge in [0, 0.05) is 45.0 Å². The molecule has 3 aromatic rings. The lowest BCUT2D eigenvalue weighted by molar-refractivity contribution is -0.0515. The Morgan fingerprint density at radius 1 is 1.02 bits per heavy atom. The number of halogens is 4. The summed E-state index contributed by atoms with van der Waals surface area (Å²) in [5, 5.41) is 2.18. The molecule has 1 atom stereocenters. The van der Waals surface area contributed by atoms with Crippen molar-refractivity contribution in [3.8, 4) is 17.2 Å². The van der Waals surface area contributed by atoms with Gasteiger partial charge >= 0.3 is 12.6 Å². The maximum atomic E-state index is 13.9. The van der Waals surface area contributed by atoms with E-state index in [2.05, 4.69) is 9.88 Å². The van der Waals surface area contributed by atoms with E-state index in [0.29, 0.717) is 49.8 Å². The van der Waals surface area contributed by atoms with E-state index in [1.165, 1.54) is 60.3 Å². The second-order valence-corrected chi connectivity index (χ2v) is 14.7. The number of esters is 1. The smallest absolute Gasteiger partial charge is 0.387 e. The topological polar surface area (TPSA) is 111 Å². The van der Waals surface area contributed by atoms with Crippen molar-refractivity contribution >= 4 is 44.9 Å². The van der Waals surface area contributed by atoms with Crippen LogP contribution in [0.15, 0.2) is 48.8 Å². The van der Waals surface area contributed by atoms with E-state index in [4.69, 9.17) is 42.1 Å². The first-order valence-corrected chi connectivity index (χ1v) is 18.1. The minimum Gasteiger partial charge on any atom is -0.494 e. The van der Waals surface area contributed by atoms with E-state index in [9.17, 15) is 22.0 Å². The minimum atomic E-state index is -3.85. The summed E-state index contributed by atoms with van der Waals surface area (Å²) in [7, 11) is -0.480. The number of alkyl halides is 2. The number of methoxy groups -OCH3 is 1. The first-order valence-electron chi connectivity index (χ1n) is 15.7. The zero-order chi connectivity index (χ0) is 35.3. The highest BCUT2D eigenvalue weighted by molar-refractivity contribution is 7.92. The average molecular weight is 744 g/mol. The van der Waals surface area contributed by atoms with Crippen LogP contribution in [0.1, 0.15) is 47.4 Å². The second kappa shape index (κ2) is 16.1. The average Bonchev–Trinajstić information content (AvgIpc) is 3.91. The van der Waals surface area contributed by atoms with E-state index >= 15 is 0 Å². The number of pyridine rings is 1. The number of anilines is 1. The van der Waals surface area contributed by atoms with E-state index in [1.54, 1.807) is 11.9 Å². The van der Waals surface area contributed by atoms with Gasteiger partial charge in [0.15, 0.2) is 11.5 Å². The van der Waals surface area contributed by atoms with Crippen LogP contribution in [-0.4, -0.2) is 88.6 Å². The third kappa shape index (κ3) is 9.23. The number of benzene rings is 2. The highest BCUT2D eigenvalue weighted by atomic mass is 35.5. The number of nitrogens with zero attached hydrogens (tertiary/aromatic N) is 4. The number of ether oxygens (including phenoxy) is 4. The van der Waals surface area contributed by atoms with Gasteiger partial charge in [-0.05, 0) is 74.2 Å². The van der Waals surface area contributed by atoms with Crippen molar-refractivity contribution in [1.82, 2.24) is 14.9 Å². The lowest BCUT2D eigenvalue weighted by Gasteiger charge is -2.40. The summed E-state index contributed by atoms with van der Waals surface area (Å²) in [4.78, 5) is 20.0. The lowest BCUT2D eigenvalue weighted by atomic mass is 10.0. The molecule has 2 aliphatic rings. The van der Waals surface area contributed by atoms with Gasteiger partial charge in [-0.15, -0.1) is 0 Å². The molecule has 11 nitrogen and oxygen atoms in total. The largest absolute Gasteiger partial charge is 0.494 e. The van der Waals surface area contributed by atoms with Crippen molar-refractivity contribution in [3.05, 3.63) is 75.5 Å². The normalized spacial score (nSPS) is 16.3. The number of piperazine rings is 1. The third-order valence-corrected chi connectivity index (χ3v) is 10.6. The summed E-state index contributed by atoms with van der Waals surface area (Å²) >= 11 is 12.9. The molecule has 1 aromatic heterocycles. The van der Waals surface area contributed by atoms with E-state index < -0.39 is 28.7 Å². The number of aromatic nitrogens is 1. The Balaban J connectivity index is 1.52. The van der Waals surface area contributed by atoms with Crippen LogP contribution in [0.25, 0.3) is 0 Å². The van der Waals surface area contributed by atoms with Gasteiger partial charge in [-0.3, -0.25) is 4.98 Å². The Kier molecular flexibility index (Phi) is 12.1. The molecule has 0 N–H and O–H groups in total. The highest BCUT2D eigenvalue weighted by Crippen LogP contribution is 2.39. The number of carbonyl (C=O) groups is 1. The summed E-state index contributed by atoms with van der Waals surface area (Å²) in [5.74, 6) is -0.523. The van der Waals surface area contributed by atoms with Crippen molar-refractivity contribution in [2.45, 2.75) is 38.9 Å². The fourth-order valence-electron chi connectivity index (χ4n) is 5.31. The molecule has 1 saturated carbocycles. The second-order valence-electron chi connectivity index (χ2n) is 11.8. The maximum Gasteiger partial charge on any atom is 0.387 e. The van der Waals surface area contributed by atoms with Gasteiger partial charge < -0.3 is 23.8 Å². The Labute approximate surface area is 294 Å². The molecule has 1 aliphatic heterocycles. The number of carbonyl (C=O) groups excluding carboxylic acids is 1. The molecule has 0 amide bonds. The molecule has 16 heteroatoms. The van der Waals surface area contributed by atoms with Crippen molar-refractivity contribution < 1.29 is 40.9 Å². The standard InChI is InChI=1S/C33H38Cl2F2N4O7S/c1-4-49(43,44)41(40-13-11-39(2)12-14-40)27-15-23(8-9-28(27)45-3)32(42)47-30(17-24-25(34)18-38-19-26(24)35)22-7-10-29(48-33(36)37)31(16-22)46-20-21-5-6-21/h7-10,15-16,18-19,21,30,33H,4-6,11-14,17,20H2,1-3H3. The SMILES string of the molecule is CCS(=O)(=O)N(c1cc(C(=O)OC(Cc2c(Cl)cncc2Cl)c2ccc(OC(F)F)c(OCC3CC3)c2)ccc1OC)N1CCN(C)CC1. The lowest BCUT2D eigenvalue weighted by Crippen LogP contribution is -2.55. The first-order chi connectivity index (χ1) is 23.4. The molecular weight excluding hydrogens is 705 g/mol. The quantitative estimate of drug-likeness (QED) is 0.166. The van der Waals surface area contributed by atoms with Crippen LogP contribution in [0.3, 0.4) is 0 Å². The molecule has 1 aliphatic carbocycles. The number of hydrazine groups is 1. The van der Waals surface area contributed by atoms with Crippen LogP contribution in [-0.2, 0) is 21.2 Å². The molecule has 49 heavy (non-hydrogen) atoms. The summed E-state index contributed by atoms with van der Waals surface area (Å²) in [5.41, 5.74) is 1.03. The fourth-order valence-corrected chi connectivity index (χ4v) is 7.03. The molecule has 5 rings (SSSR count). The van der Waals surface area contributed by atoms with Crippen LogP contribution in [0.2, 0.25) is 10.0 Å². The van der Waals surface area contributed by atoms with Crippen molar-refractivity contribution in [2.24, 2.45) is 5.92 Å². The Bertz CT molecular complexity index is 1720. The molecule has 1 saturated heterocycles. The fraction of sp³-hybridized carbons (Fsp3) is 0.455. The van der Waals surface area contributed by atoms with Gasteiger partial charge in [-0.2, -0.15) is 13.2 Å². The Morgan fingerprint density at radius 2 is 1.69 bits per heavy atom. The van der Waals surface area contributed by atoms with E-state index in [0.717, 1.165) is 12.8 Å². The van der Waals surface area contributed by atoms with Crippen LogP contribution in [0.5, 0.6) is 17.2 Å². The molecule has 0 radical (unpaired) electrons. The number of sulfonamides is 1. The van der Waals surface area contributed by atoms with Gasteiger partial charge in [-0.1, -0.05) is 29.3 Å². The molecule has 2 fully saturated rings. The van der Waals surface area contributed by atoms with Gasteiger partial charge in [0.1, 0.15) is 17.5 Å². The van der Waals surface area contributed by atoms with Crippen molar-refractivity contribution in [3.63, 3.8) is 0 Å². The molecule has 1 unspecified atom stereocenters. The molecule has 2 heterocycles.